The number of aromatic nitrogens is 2. The lowest BCUT2D eigenvalue weighted by atomic mass is 10.4. The second kappa shape index (κ2) is 4.36. The molecule has 6 heteroatoms. The van der Waals surface area contributed by atoms with Gasteiger partial charge in [0.15, 0.2) is 5.69 Å². The highest BCUT2D eigenvalue weighted by molar-refractivity contribution is 5.85. The van der Waals surface area contributed by atoms with E-state index in [4.69, 9.17) is 10.2 Å². The number of nitrogens with one attached hydrogen (secondary N) is 1. The average Bonchev–Trinajstić information content (AvgIpc) is 2.15. The molecule has 0 aliphatic rings. The Morgan fingerprint density at radius 1 is 1.54 bits per heavy atom. The molecule has 0 radical (unpaired) electrons. The van der Waals surface area contributed by atoms with E-state index in [0.717, 1.165) is 6.20 Å². The Bertz CT molecular complexity index is 303. The second-order valence-corrected chi connectivity index (χ2v) is 2.25. The van der Waals surface area contributed by atoms with Gasteiger partial charge in [0.05, 0.1) is 19.0 Å². The fourth-order valence-corrected chi connectivity index (χ4v) is 0.738. The number of aliphatic hydroxyl groups excluding tert-OH is 1. The minimum Gasteiger partial charge on any atom is -0.476 e. The number of aromatic carboxylic acids is 1. The van der Waals surface area contributed by atoms with Crippen LogP contribution in [0.25, 0.3) is 0 Å². The number of carboxylic acids is 1. The van der Waals surface area contributed by atoms with E-state index >= 15 is 0 Å². The Kier molecular flexibility index (Phi) is 3.15. The Labute approximate surface area is 74.3 Å². The van der Waals surface area contributed by atoms with E-state index in [1.165, 1.54) is 6.20 Å². The predicted octanol–water partition coefficient (Wildman–Crippen LogP) is -0.421. The van der Waals surface area contributed by atoms with Crippen LogP contribution in [0.2, 0.25) is 0 Å². The molecule has 1 rings (SSSR count). The topological polar surface area (TPSA) is 95.3 Å². The number of carboxylic acid groups (broad SMARTS) is 1. The highest BCUT2D eigenvalue weighted by Crippen LogP contribution is 2.00. The molecule has 0 saturated carbocycles. The van der Waals surface area contributed by atoms with E-state index in [2.05, 4.69) is 15.3 Å². The van der Waals surface area contributed by atoms with Crippen molar-refractivity contribution in [2.45, 2.75) is 0 Å². The summed E-state index contributed by atoms with van der Waals surface area (Å²) in [4.78, 5) is 17.8. The summed E-state index contributed by atoms with van der Waals surface area (Å²) in [6.45, 7) is 0.275. The molecule has 0 spiro atoms. The van der Waals surface area contributed by atoms with Crippen molar-refractivity contribution < 1.29 is 15.0 Å². The molecule has 6 nitrogen and oxygen atoms in total. The van der Waals surface area contributed by atoms with Gasteiger partial charge < -0.3 is 15.5 Å². The molecular weight excluding hydrogens is 174 g/mol. The van der Waals surface area contributed by atoms with Crippen LogP contribution < -0.4 is 5.32 Å². The zero-order valence-corrected chi connectivity index (χ0v) is 6.77. The first-order chi connectivity index (χ1) is 6.24. The van der Waals surface area contributed by atoms with Crippen molar-refractivity contribution in [3.8, 4) is 0 Å². The van der Waals surface area contributed by atoms with Gasteiger partial charge in [-0.2, -0.15) is 0 Å². The van der Waals surface area contributed by atoms with Crippen LogP contribution in [0.1, 0.15) is 10.5 Å². The lowest BCUT2D eigenvalue weighted by Crippen LogP contribution is -2.09. The summed E-state index contributed by atoms with van der Waals surface area (Å²) >= 11 is 0. The average molecular weight is 183 g/mol. The van der Waals surface area contributed by atoms with E-state index in [0.29, 0.717) is 12.4 Å². The lowest BCUT2D eigenvalue weighted by molar-refractivity contribution is 0.0690. The summed E-state index contributed by atoms with van der Waals surface area (Å²) in [5.74, 6) is -0.783. The molecular formula is C7H9N3O3. The van der Waals surface area contributed by atoms with Crippen LogP contribution in [0.4, 0.5) is 5.82 Å². The number of nitrogens with zero attached hydrogens (tertiary/aromatic N) is 2. The van der Waals surface area contributed by atoms with Crippen molar-refractivity contribution in [3.63, 3.8) is 0 Å². The van der Waals surface area contributed by atoms with Crippen molar-refractivity contribution in [2.24, 2.45) is 0 Å². The van der Waals surface area contributed by atoms with Gasteiger partial charge in [-0.15, -0.1) is 0 Å². The molecule has 70 valence electrons. The first-order valence-corrected chi connectivity index (χ1v) is 3.64. The largest absolute Gasteiger partial charge is 0.476 e. The Morgan fingerprint density at radius 3 is 2.92 bits per heavy atom. The molecule has 1 aromatic heterocycles. The Balaban J connectivity index is 2.73. The molecule has 0 aromatic carbocycles. The number of anilines is 1. The van der Waals surface area contributed by atoms with Crippen LogP contribution in [0, 0.1) is 0 Å². The van der Waals surface area contributed by atoms with Crippen LogP contribution in [0.15, 0.2) is 12.4 Å². The zero-order valence-electron chi connectivity index (χ0n) is 6.77. The summed E-state index contributed by atoms with van der Waals surface area (Å²) < 4.78 is 0. The third-order valence-electron chi connectivity index (χ3n) is 1.27. The van der Waals surface area contributed by atoms with Gasteiger partial charge in [0.1, 0.15) is 5.82 Å². The van der Waals surface area contributed by atoms with Crippen molar-refractivity contribution >= 4 is 11.8 Å². The quantitative estimate of drug-likeness (QED) is 0.586. The van der Waals surface area contributed by atoms with E-state index in [1.54, 1.807) is 0 Å². The van der Waals surface area contributed by atoms with Gasteiger partial charge in [0, 0.05) is 6.54 Å². The standard InChI is InChI=1S/C7H9N3O3/c11-2-1-9-6-4-8-3-5(10-6)7(12)13/h3-4,11H,1-2H2,(H,9,10)(H,12,13). The van der Waals surface area contributed by atoms with Crippen LogP contribution in [-0.2, 0) is 0 Å². The molecule has 3 N–H and O–H groups in total. The van der Waals surface area contributed by atoms with Crippen molar-refractivity contribution in [3.05, 3.63) is 18.1 Å². The number of rotatable bonds is 4. The molecule has 1 heterocycles. The summed E-state index contributed by atoms with van der Waals surface area (Å²) in [6, 6.07) is 0. The van der Waals surface area contributed by atoms with Gasteiger partial charge in [0.25, 0.3) is 0 Å². The maximum atomic E-state index is 10.4. The van der Waals surface area contributed by atoms with Gasteiger partial charge >= 0.3 is 5.97 Å². The van der Waals surface area contributed by atoms with Crippen molar-refractivity contribution in [2.75, 3.05) is 18.5 Å². The van der Waals surface area contributed by atoms with E-state index in [-0.39, 0.29) is 12.3 Å². The third-order valence-corrected chi connectivity index (χ3v) is 1.27. The number of aliphatic hydroxyl groups is 1. The Hall–Kier alpha value is -1.69. The lowest BCUT2D eigenvalue weighted by Gasteiger charge is -2.02. The van der Waals surface area contributed by atoms with Gasteiger partial charge in [-0.1, -0.05) is 0 Å². The highest BCUT2D eigenvalue weighted by atomic mass is 16.4. The Morgan fingerprint density at radius 2 is 2.31 bits per heavy atom. The maximum absolute atomic E-state index is 10.4. The van der Waals surface area contributed by atoms with Gasteiger partial charge in [0.2, 0.25) is 0 Å². The summed E-state index contributed by atoms with van der Waals surface area (Å²) in [7, 11) is 0. The number of hydrogen-bond donors (Lipinski definition) is 3. The van der Waals surface area contributed by atoms with Gasteiger partial charge in [-0.05, 0) is 0 Å². The van der Waals surface area contributed by atoms with Crippen molar-refractivity contribution in [1.29, 1.82) is 0 Å². The monoisotopic (exact) mass is 183 g/mol. The van der Waals surface area contributed by atoms with E-state index < -0.39 is 5.97 Å². The third kappa shape index (κ3) is 2.68. The van der Waals surface area contributed by atoms with Crippen LogP contribution >= 0.6 is 0 Å². The molecule has 0 bridgehead atoms. The molecule has 0 atom stereocenters. The smallest absolute Gasteiger partial charge is 0.356 e. The highest BCUT2D eigenvalue weighted by Gasteiger charge is 2.04. The maximum Gasteiger partial charge on any atom is 0.356 e. The summed E-state index contributed by atoms with van der Waals surface area (Å²) in [5.41, 5.74) is -0.122. The minimum atomic E-state index is -1.12. The molecule has 1 aromatic rings. The molecule has 0 saturated heterocycles. The second-order valence-electron chi connectivity index (χ2n) is 2.25. The van der Waals surface area contributed by atoms with E-state index in [9.17, 15) is 4.79 Å². The molecule has 0 unspecified atom stereocenters. The molecule has 0 aliphatic carbocycles. The molecule has 0 fully saturated rings. The van der Waals surface area contributed by atoms with Crippen LogP contribution in [0.5, 0.6) is 0 Å². The fraction of sp³-hybridized carbons (Fsp3) is 0.286. The molecule has 0 aliphatic heterocycles. The first-order valence-electron chi connectivity index (χ1n) is 3.64. The number of hydrogen-bond acceptors (Lipinski definition) is 5. The SMILES string of the molecule is O=C(O)c1cncc(NCCO)n1. The fourth-order valence-electron chi connectivity index (χ4n) is 0.738. The first kappa shape index (κ1) is 9.40. The summed E-state index contributed by atoms with van der Waals surface area (Å²) in [6.07, 6.45) is 2.55. The normalized spacial score (nSPS) is 9.62. The molecule has 0 amide bonds. The van der Waals surface area contributed by atoms with Gasteiger partial charge in [-0.25, -0.2) is 9.78 Å². The van der Waals surface area contributed by atoms with Crippen LogP contribution in [-0.4, -0.2) is 39.3 Å². The summed E-state index contributed by atoms with van der Waals surface area (Å²) in [5, 5.41) is 19.7. The zero-order chi connectivity index (χ0) is 9.68. The predicted molar refractivity (Wildman–Crippen MR) is 44.6 cm³/mol. The number of carbonyl (C=O) groups is 1. The van der Waals surface area contributed by atoms with E-state index in [1.807, 2.05) is 0 Å². The van der Waals surface area contributed by atoms with Crippen molar-refractivity contribution in [1.82, 2.24) is 9.97 Å². The van der Waals surface area contributed by atoms with Gasteiger partial charge in [-0.3, -0.25) is 4.98 Å². The van der Waals surface area contributed by atoms with Crippen LogP contribution in [0.3, 0.4) is 0 Å². The molecule has 13 heavy (non-hydrogen) atoms. The minimum absolute atomic E-state index is 0.0427.